The molecule has 0 aliphatic heterocycles. The van der Waals surface area contributed by atoms with Crippen LogP contribution < -0.4 is 10.6 Å². The Bertz CT molecular complexity index is 903. The van der Waals surface area contributed by atoms with Crippen molar-refractivity contribution in [3.05, 3.63) is 52.5 Å². The first-order valence-electron chi connectivity index (χ1n) is 8.94. The molecule has 0 amide bonds. The molecule has 0 unspecified atom stereocenters. The number of rotatable bonds is 4. The van der Waals surface area contributed by atoms with Gasteiger partial charge < -0.3 is 10.6 Å². The Kier molecular flexibility index (Phi) is 5.14. The molecule has 1 saturated carbocycles. The third-order valence-corrected chi connectivity index (χ3v) is 5.10. The Morgan fingerprint density at radius 3 is 2.38 bits per heavy atom. The zero-order chi connectivity index (χ0) is 17.9. The minimum atomic E-state index is 0.468. The summed E-state index contributed by atoms with van der Waals surface area (Å²) in [5.41, 5.74) is 1.66. The minimum Gasteiger partial charge on any atom is -0.367 e. The van der Waals surface area contributed by atoms with Crippen molar-refractivity contribution >= 4 is 51.6 Å². The summed E-state index contributed by atoms with van der Waals surface area (Å²) in [4.78, 5) is 9.37. The first kappa shape index (κ1) is 17.4. The number of benzene rings is 2. The number of para-hydroxylation sites is 1. The van der Waals surface area contributed by atoms with Crippen LogP contribution in [0.4, 0.5) is 17.5 Å². The molecule has 0 saturated heterocycles. The van der Waals surface area contributed by atoms with Crippen LogP contribution in [0.25, 0.3) is 10.9 Å². The summed E-state index contributed by atoms with van der Waals surface area (Å²) in [5, 5.41) is 9.03. The predicted octanol–water partition coefficient (Wildman–Crippen LogP) is 6.42. The lowest BCUT2D eigenvalue weighted by Gasteiger charge is -2.24. The molecular formula is C20H20Cl2N4. The topological polar surface area (TPSA) is 49.8 Å². The van der Waals surface area contributed by atoms with Gasteiger partial charge in [-0.15, -0.1) is 0 Å². The summed E-state index contributed by atoms with van der Waals surface area (Å²) in [6, 6.07) is 13.8. The first-order valence-corrected chi connectivity index (χ1v) is 9.69. The van der Waals surface area contributed by atoms with E-state index in [-0.39, 0.29) is 0 Å². The standard InChI is InChI=1S/C20H20Cl2N4/c21-13-10-14(22)12-16(11-13)24-20-25-18-9-5-4-8-17(18)19(26-20)23-15-6-2-1-3-7-15/h4-5,8-12,15H,1-3,6-7H2,(H2,23,24,25,26). The maximum absolute atomic E-state index is 6.09. The van der Waals surface area contributed by atoms with E-state index in [2.05, 4.69) is 21.7 Å². The lowest BCUT2D eigenvalue weighted by molar-refractivity contribution is 0.462. The van der Waals surface area contributed by atoms with E-state index >= 15 is 0 Å². The quantitative estimate of drug-likeness (QED) is 0.542. The van der Waals surface area contributed by atoms with E-state index < -0.39 is 0 Å². The van der Waals surface area contributed by atoms with E-state index in [0.717, 1.165) is 22.4 Å². The largest absolute Gasteiger partial charge is 0.367 e. The van der Waals surface area contributed by atoms with Crippen molar-refractivity contribution in [1.29, 1.82) is 0 Å². The highest BCUT2D eigenvalue weighted by Crippen LogP contribution is 2.29. The van der Waals surface area contributed by atoms with Crippen molar-refractivity contribution < 1.29 is 0 Å². The van der Waals surface area contributed by atoms with E-state index in [0.29, 0.717) is 22.0 Å². The highest BCUT2D eigenvalue weighted by Gasteiger charge is 2.16. The zero-order valence-corrected chi connectivity index (χ0v) is 15.8. The fourth-order valence-corrected chi connectivity index (χ4v) is 3.96. The fourth-order valence-electron chi connectivity index (χ4n) is 3.44. The molecular weight excluding hydrogens is 367 g/mol. The summed E-state index contributed by atoms with van der Waals surface area (Å²) < 4.78 is 0. The van der Waals surface area contributed by atoms with Crippen LogP contribution in [0, 0.1) is 0 Å². The Hall–Kier alpha value is -2.04. The van der Waals surface area contributed by atoms with Crippen LogP contribution >= 0.6 is 23.2 Å². The van der Waals surface area contributed by atoms with Gasteiger partial charge >= 0.3 is 0 Å². The summed E-state index contributed by atoms with van der Waals surface area (Å²) in [7, 11) is 0. The van der Waals surface area contributed by atoms with Crippen LogP contribution in [-0.4, -0.2) is 16.0 Å². The van der Waals surface area contributed by atoms with Gasteiger partial charge in [-0.25, -0.2) is 4.98 Å². The number of anilines is 3. The highest BCUT2D eigenvalue weighted by molar-refractivity contribution is 6.35. The Balaban J connectivity index is 1.68. The summed E-state index contributed by atoms with van der Waals surface area (Å²) in [6.45, 7) is 0. The molecule has 26 heavy (non-hydrogen) atoms. The average molecular weight is 387 g/mol. The molecule has 1 aliphatic rings. The molecule has 4 nitrogen and oxygen atoms in total. The van der Waals surface area contributed by atoms with Crippen LogP contribution in [0.15, 0.2) is 42.5 Å². The van der Waals surface area contributed by atoms with Crippen molar-refractivity contribution in [2.75, 3.05) is 10.6 Å². The van der Waals surface area contributed by atoms with Gasteiger partial charge in [0, 0.05) is 27.2 Å². The van der Waals surface area contributed by atoms with Gasteiger partial charge in [0.2, 0.25) is 5.95 Å². The lowest BCUT2D eigenvalue weighted by atomic mass is 9.95. The minimum absolute atomic E-state index is 0.468. The number of nitrogens with zero attached hydrogens (tertiary/aromatic N) is 2. The van der Waals surface area contributed by atoms with Crippen LogP contribution in [0.1, 0.15) is 32.1 Å². The molecule has 0 radical (unpaired) electrons. The molecule has 6 heteroatoms. The van der Waals surface area contributed by atoms with Gasteiger partial charge in [0.1, 0.15) is 5.82 Å². The zero-order valence-electron chi connectivity index (χ0n) is 14.3. The van der Waals surface area contributed by atoms with E-state index in [1.807, 2.05) is 18.2 Å². The van der Waals surface area contributed by atoms with Gasteiger partial charge in [-0.2, -0.15) is 4.98 Å². The van der Waals surface area contributed by atoms with Crippen molar-refractivity contribution in [1.82, 2.24) is 9.97 Å². The maximum atomic E-state index is 6.09. The fraction of sp³-hybridized carbons (Fsp3) is 0.300. The molecule has 1 fully saturated rings. The molecule has 134 valence electrons. The van der Waals surface area contributed by atoms with E-state index in [1.54, 1.807) is 18.2 Å². The number of aromatic nitrogens is 2. The van der Waals surface area contributed by atoms with Gasteiger partial charge in [-0.05, 0) is 43.2 Å². The molecule has 1 aliphatic carbocycles. The second kappa shape index (κ2) is 7.68. The number of hydrogen-bond acceptors (Lipinski definition) is 4. The Morgan fingerprint density at radius 1 is 0.885 bits per heavy atom. The number of nitrogens with one attached hydrogen (secondary N) is 2. The van der Waals surface area contributed by atoms with Gasteiger partial charge in [0.15, 0.2) is 0 Å². The van der Waals surface area contributed by atoms with Crippen molar-refractivity contribution in [2.24, 2.45) is 0 Å². The third kappa shape index (κ3) is 4.02. The SMILES string of the molecule is Clc1cc(Cl)cc(Nc2nc(NC3CCCCC3)c3ccccc3n2)c1. The average Bonchev–Trinajstić information content (AvgIpc) is 2.62. The molecule has 2 aromatic carbocycles. The molecule has 0 atom stereocenters. The van der Waals surface area contributed by atoms with Crippen LogP contribution in [-0.2, 0) is 0 Å². The summed E-state index contributed by atoms with van der Waals surface area (Å²) in [6.07, 6.45) is 6.24. The van der Waals surface area contributed by atoms with E-state index in [1.165, 1.54) is 32.1 Å². The second-order valence-corrected chi connectivity index (χ2v) is 7.55. The Labute approximate surface area is 162 Å². The number of hydrogen-bond donors (Lipinski definition) is 2. The van der Waals surface area contributed by atoms with Crippen LogP contribution in [0.2, 0.25) is 10.0 Å². The van der Waals surface area contributed by atoms with Crippen molar-refractivity contribution in [3.8, 4) is 0 Å². The molecule has 1 aromatic heterocycles. The van der Waals surface area contributed by atoms with Gasteiger partial charge in [-0.1, -0.05) is 54.6 Å². The van der Waals surface area contributed by atoms with Crippen LogP contribution in [0.5, 0.6) is 0 Å². The van der Waals surface area contributed by atoms with E-state index in [9.17, 15) is 0 Å². The second-order valence-electron chi connectivity index (χ2n) is 6.68. The summed E-state index contributed by atoms with van der Waals surface area (Å²) in [5.74, 6) is 1.40. The highest BCUT2D eigenvalue weighted by atomic mass is 35.5. The number of halogens is 2. The lowest BCUT2D eigenvalue weighted by Crippen LogP contribution is -2.23. The van der Waals surface area contributed by atoms with Crippen molar-refractivity contribution in [2.45, 2.75) is 38.1 Å². The van der Waals surface area contributed by atoms with E-state index in [4.69, 9.17) is 28.2 Å². The predicted molar refractivity (Wildman–Crippen MR) is 110 cm³/mol. The normalized spacial score (nSPS) is 15.2. The Morgan fingerprint density at radius 2 is 1.62 bits per heavy atom. The first-order chi connectivity index (χ1) is 12.7. The van der Waals surface area contributed by atoms with Crippen molar-refractivity contribution in [3.63, 3.8) is 0 Å². The molecule has 1 heterocycles. The third-order valence-electron chi connectivity index (χ3n) is 4.67. The molecule has 0 bridgehead atoms. The molecule has 0 spiro atoms. The molecule has 4 rings (SSSR count). The van der Waals surface area contributed by atoms with Gasteiger partial charge in [-0.3, -0.25) is 0 Å². The molecule has 2 N–H and O–H groups in total. The monoisotopic (exact) mass is 386 g/mol. The van der Waals surface area contributed by atoms with Crippen LogP contribution in [0.3, 0.4) is 0 Å². The number of fused-ring (bicyclic) bond motifs is 1. The molecule has 3 aromatic rings. The summed E-state index contributed by atoms with van der Waals surface area (Å²) >= 11 is 12.2. The van der Waals surface area contributed by atoms with Gasteiger partial charge in [0.25, 0.3) is 0 Å². The van der Waals surface area contributed by atoms with Gasteiger partial charge in [0.05, 0.1) is 5.52 Å². The maximum Gasteiger partial charge on any atom is 0.229 e. The smallest absolute Gasteiger partial charge is 0.229 e.